The highest BCUT2D eigenvalue weighted by molar-refractivity contribution is 9.10. The molecule has 3 rings (SSSR count). The van der Waals surface area contributed by atoms with Gasteiger partial charge in [0.1, 0.15) is 17.1 Å². The van der Waals surface area contributed by atoms with Crippen molar-refractivity contribution in [1.82, 2.24) is 0 Å². The SMILES string of the molecule is CCOc1c(C(=O)OC)cc(C2CC2)c(-c2ccc(F)cc2)c1Br. The fourth-order valence-electron chi connectivity index (χ4n) is 2.82. The number of hydrogen-bond acceptors (Lipinski definition) is 3. The third-order valence-corrected chi connectivity index (χ3v) is 4.85. The van der Waals surface area contributed by atoms with E-state index in [0.29, 0.717) is 28.3 Å². The molecule has 2 aromatic carbocycles. The molecule has 5 heteroatoms. The number of carbonyl (C=O) groups excluding carboxylic acids is 1. The predicted octanol–water partition coefficient (Wildman–Crippen LogP) is 5.32. The summed E-state index contributed by atoms with van der Waals surface area (Å²) < 4.78 is 24.6. The van der Waals surface area contributed by atoms with Crippen LogP contribution >= 0.6 is 15.9 Å². The lowest BCUT2D eigenvalue weighted by Crippen LogP contribution is -2.08. The first-order valence-electron chi connectivity index (χ1n) is 7.90. The number of rotatable bonds is 5. The predicted molar refractivity (Wildman–Crippen MR) is 94.0 cm³/mol. The molecule has 0 bridgehead atoms. The lowest BCUT2D eigenvalue weighted by molar-refractivity contribution is 0.0596. The summed E-state index contributed by atoms with van der Waals surface area (Å²) in [6, 6.07) is 8.22. The van der Waals surface area contributed by atoms with Crippen LogP contribution in [0.4, 0.5) is 4.39 Å². The van der Waals surface area contributed by atoms with Gasteiger partial charge in [-0.3, -0.25) is 0 Å². The molecule has 0 radical (unpaired) electrons. The minimum absolute atomic E-state index is 0.279. The average molecular weight is 393 g/mol. The molecule has 1 saturated carbocycles. The Kier molecular flexibility index (Phi) is 4.90. The monoisotopic (exact) mass is 392 g/mol. The van der Waals surface area contributed by atoms with E-state index in [-0.39, 0.29) is 5.82 Å². The Morgan fingerprint density at radius 1 is 1.29 bits per heavy atom. The summed E-state index contributed by atoms with van der Waals surface area (Å²) in [6.45, 7) is 2.29. The molecule has 0 atom stereocenters. The Bertz CT molecular complexity index is 767. The molecule has 1 aliphatic rings. The normalized spacial score (nSPS) is 13.7. The van der Waals surface area contributed by atoms with E-state index in [1.54, 1.807) is 12.1 Å². The van der Waals surface area contributed by atoms with Crippen molar-refractivity contribution in [1.29, 1.82) is 0 Å². The van der Waals surface area contributed by atoms with Crippen molar-refractivity contribution >= 4 is 21.9 Å². The van der Waals surface area contributed by atoms with Gasteiger partial charge in [-0.2, -0.15) is 0 Å². The third-order valence-electron chi connectivity index (χ3n) is 4.10. The molecular formula is C19H18BrFO3. The molecule has 0 N–H and O–H groups in total. The van der Waals surface area contributed by atoms with Gasteiger partial charge in [0, 0.05) is 5.56 Å². The summed E-state index contributed by atoms with van der Waals surface area (Å²) in [5, 5.41) is 0. The summed E-state index contributed by atoms with van der Waals surface area (Å²) >= 11 is 3.61. The molecule has 24 heavy (non-hydrogen) atoms. The second kappa shape index (κ2) is 6.93. The average Bonchev–Trinajstić information content (AvgIpc) is 3.42. The number of methoxy groups -OCH3 is 1. The molecule has 0 heterocycles. The minimum atomic E-state index is -0.424. The molecule has 0 saturated heterocycles. The number of halogens is 2. The number of benzene rings is 2. The second-order valence-electron chi connectivity index (χ2n) is 5.74. The van der Waals surface area contributed by atoms with Gasteiger partial charge in [-0.1, -0.05) is 12.1 Å². The van der Waals surface area contributed by atoms with Crippen LogP contribution < -0.4 is 4.74 Å². The molecule has 1 aliphatic carbocycles. The van der Waals surface area contributed by atoms with Crippen molar-refractivity contribution in [2.75, 3.05) is 13.7 Å². The fraction of sp³-hybridized carbons (Fsp3) is 0.316. The van der Waals surface area contributed by atoms with Crippen molar-refractivity contribution in [2.45, 2.75) is 25.7 Å². The Labute approximate surface area is 148 Å². The summed E-state index contributed by atoms with van der Waals surface area (Å²) in [5.41, 5.74) is 3.33. The molecule has 1 fully saturated rings. The number of esters is 1. The van der Waals surface area contributed by atoms with Crippen LogP contribution in [0, 0.1) is 5.82 Å². The van der Waals surface area contributed by atoms with Gasteiger partial charge in [-0.15, -0.1) is 0 Å². The van der Waals surface area contributed by atoms with Crippen LogP contribution in [0.25, 0.3) is 11.1 Å². The van der Waals surface area contributed by atoms with E-state index in [1.807, 2.05) is 13.0 Å². The Balaban J connectivity index is 2.24. The van der Waals surface area contributed by atoms with Gasteiger partial charge in [0.05, 0.1) is 18.2 Å². The first kappa shape index (κ1) is 17.0. The van der Waals surface area contributed by atoms with Gasteiger partial charge in [0.25, 0.3) is 0 Å². The van der Waals surface area contributed by atoms with Gasteiger partial charge in [0.15, 0.2) is 0 Å². The summed E-state index contributed by atoms with van der Waals surface area (Å²) in [4.78, 5) is 12.2. The Hall–Kier alpha value is -1.88. The Morgan fingerprint density at radius 3 is 2.50 bits per heavy atom. The summed E-state index contributed by atoms with van der Waals surface area (Å²) in [6.07, 6.45) is 2.16. The number of hydrogen-bond donors (Lipinski definition) is 0. The third kappa shape index (κ3) is 3.18. The molecular weight excluding hydrogens is 375 g/mol. The number of ether oxygens (including phenoxy) is 2. The second-order valence-corrected chi connectivity index (χ2v) is 6.53. The van der Waals surface area contributed by atoms with Crippen LogP contribution in [-0.4, -0.2) is 19.7 Å². The summed E-state index contributed by atoms with van der Waals surface area (Å²) in [5.74, 6) is 0.166. The smallest absolute Gasteiger partial charge is 0.341 e. The standard InChI is InChI=1S/C19H18BrFO3/c1-3-24-18-15(19(22)23-2)10-14(11-4-5-11)16(17(18)20)12-6-8-13(21)9-7-12/h6-11H,3-5H2,1-2H3. The molecule has 3 nitrogen and oxygen atoms in total. The van der Waals surface area contributed by atoms with Crippen LogP contribution in [0.1, 0.15) is 41.6 Å². The van der Waals surface area contributed by atoms with Crippen LogP contribution in [0.3, 0.4) is 0 Å². The molecule has 0 aliphatic heterocycles. The highest BCUT2D eigenvalue weighted by atomic mass is 79.9. The highest BCUT2D eigenvalue weighted by Crippen LogP contribution is 2.50. The van der Waals surface area contributed by atoms with Crippen LogP contribution in [0.5, 0.6) is 5.75 Å². The van der Waals surface area contributed by atoms with E-state index in [1.165, 1.54) is 19.2 Å². The first-order chi connectivity index (χ1) is 11.6. The van der Waals surface area contributed by atoms with Gasteiger partial charge in [0.2, 0.25) is 0 Å². The van der Waals surface area contributed by atoms with Crippen molar-refractivity contribution in [2.24, 2.45) is 0 Å². The zero-order valence-electron chi connectivity index (χ0n) is 13.6. The molecule has 0 spiro atoms. The van der Waals surface area contributed by atoms with E-state index < -0.39 is 5.97 Å². The van der Waals surface area contributed by atoms with Gasteiger partial charge in [-0.05, 0) is 70.9 Å². The lowest BCUT2D eigenvalue weighted by Gasteiger charge is -2.19. The van der Waals surface area contributed by atoms with Gasteiger partial charge in [-0.25, -0.2) is 9.18 Å². The zero-order chi connectivity index (χ0) is 17.3. The first-order valence-corrected chi connectivity index (χ1v) is 8.69. The van der Waals surface area contributed by atoms with Crippen molar-refractivity contribution in [3.8, 4) is 16.9 Å². The topological polar surface area (TPSA) is 35.5 Å². The van der Waals surface area contributed by atoms with Crippen LogP contribution in [-0.2, 0) is 4.74 Å². The lowest BCUT2D eigenvalue weighted by atomic mass is 9.93. The minimum Gasteiger partial charge on any atom is -0.492 e. The van der Waals surface area contributed by atoms with Crippen LogP contribution in [0.2, 0.25) is 0 Å². The van der Waals surface area contributed by atoms with Crippen molar-refractivity contribution < 1.29 is 18.7 Å². The maximum Gasteiger partial charge on any atom is 0.341 e. The zero-order valence-corrected chi connectivity index (χ0v) is 15.2. The van der Waals surface area contributed by atoms with Gasteiger partial charge < -0.3 is 9.47 Å². The van der Waals surface area contributed by atoms with Gasteiger partial charge >= 0.3 is 5.97 Å². The quantitative estimate of drug-likeness (QED) is 0.646. The van der Waals surface area contributed by atoms with E-state index in [4.69, 9.17) is 9.47 Å². The van der Waals surface area contributed by atoms with E-state index in [2.05, 4.69) is 15.9 Å². The van der Waals surface area contributed by atoms with Crippen molar-refractivity contribution in [3.63, 3.8) is 0 Å². The highest BCUT2D eigenvalue weighted by Gasteiger charge is 2.31. The fourth-order valence-corrected chi connectivity index (χ4v) is 3.61. The van der Waals surface area contributed by atoms with E-state index >= 15 is 0 Å². The number of carbonyl (C=O) groups is 1. The molecule has 126 valence electrons. The maximum absolute atomic E-state index is 13.3. The van der Waals surface area contributed by atoms with Crippen LogP contribution in [0.15, 0.2) is 34.8 Å². The Morgan fingerprint density at radius 2 is 1.96 bits per heavy atom. The molecule has 0 amide bonds. The molecule has 0 aromatic heterocycles. The molecule has 2 aromatic rings. The summed E-state index contributed by atoms with van der Waals surface area (Å²) in [7, 11) is 1.36. The van der Waals surface area contributed by atoms with E-state index in [0.717, 1.165) is 29.5 Å². The van der Waals surface area contributed by atoms with Crippen molar-refractivity contribution in [3.05, 3.63) is 51.7 Å². The maximum atomic E-state index is 13.3. The molecule has 0 unspecified atom stereocenters. The van der Waals surface area contributed by atoms with E-state index in [9.17, 15) is 9.18 Å². The largest absolute Gasteiger partial charge is 0.492 e.